The van der Waals surface area contributed by atoms with Gasteiger partial charge in [0, 0.05) is 49.2 Å². The Hall–Kier alpha value is -8.50. The van der Waals surface area contributed by atoms with E-state index in [9.17, 15) is 0 Å². The molecule has 0 N–H and O–H groups in total. The number of anilines is 3. The number of nitrogens with zero attached hydrogens (tertiary/aromatic N) is 2. The molecule has 2 heterocycles. The molecule has 12 aromatic rings. The van der Waals surface area contributed by atoms with Crippen LogP contribution in [0.25, 0.3) is 92.2 Å². The summed E-state index contributed by atoms with van der Waals surface area (Å²) in [4.78, 5) is 2.39. The SMILES string of the molecule is C1=CCC(c2ccc(N(c3ccc(-c4ccc(-c5ccccc5)cc4)cc3)c3cccc(-c4cccc(-c5cccc6c5c5ccccc5n6-c5cccc6c5sc5ccccc56)c4)c3)cc2)C=C1. The third-order valence-corrected chi connectivity index (χ3v) is 15.2. The lowest BCUT2D eigenvalue weighted by atomic mass is 9.92. The van der Waals surface area contributed by atoms with Crippen molar-refractivity contribution in [3.63, 3.8) is 0 Å². The fourth-order valence-electron chi connectivity index (χ4n) is 10.6. The maximum Gasteiger partial charge on any atom is 0.0640 e. The standard InChI is InChI=1S/C66H46N2S/c1-3-15-45(16-4-1)47-31-33-48(34-32-47)50-37-41-55(42-38-50)67(54-39-35-49(36-40-54)46-17-5-2-6-18-46)56-22-12-20-52(44-56)51-19-11-21-53(43-51)57-25-13-28-62-65(57)60-24-7-9-27-61(60)68(62)63-29-14-26-59-58-23-8-10-30-64(58)69-66(59)63/h1-17,19-44,46H,18H2. The molecule has 1 unspecified atom stereocenters. The van der Waals surface area contributed by atoms with Crippen molar-refractivity contribution in [3.8, 4) is 50.2 Å². The first kappa shape index (κ1) is 40.7. The molecule has 2 aromatic heterocycles. The minimum Gasteiger partial charge on any atom is -0.310 e. The first-order valence-electron chi connectivity index (χ1n) is 23.8. The van der Waals surface area contributed by atoms with E-state index >= 15 is 0 Å². The minimum atomic E-state index is 0.388. The van der Waals surface area contributed by atoms with Gasteiger partial charge in [0.1, 0.15) is 0 Å². The summed E-state index contributed by atoms with van der Waals surface area (Å²) in [6, 6.07) is 87.0. The van der Waals surface area contributed by atoms with Gasteiger partial charge in [-0.2, -0.15) is 0 Å². The molecule has 0 bridgehead atoms. The number of rotatable bonds is 9. The highest BCUT2D eigenvalue weighted by Crippen LogP contribution is 2.44. The molecule has 1 aliphatic rings. The number of allylic oxidation sites excluding steroid dienone is 4. The zero-order valence-corrected chi connectivity index (χ0v) is 38.7. The lowest BCUT2D eigenvalue weighted by Crippen LogP contribution is -2.10. The Morgan fingerprint density at radius 1 is 0.406 bits per heavy atom. The van der Waals surface area contributed by atoms with Crippen LogP contribution in [0.15, 0.2) is 261 Å². The van der Waals surface area contributed by atoms with Crippen molar-refractivity contribution < 1.29 is 0 Å². The van der Waals surface area contributed by atoms with Crippen LogP contribution in [0, 0.1) is 0 Å². The summed E-state index contributed by atoms with van der Waals surface area (Å²) in [5.41, 5.74) is 17.9. The third kappa shape index (κ3) is 7.36. The monoisotopic (exact) mass is 898 g/mol. The molecule has 326 valence electrons. The van der Waals surface area contributed by atoms with Crippen LogP contribution < -0.4 is 4.90 Å². The average molecular weight is 899 g/mol. The molecule has 0 spiro atoms. The van der Waals surface area contributed by atoms with Crippen LogP contribution in [0.2, 0.25) is 0 Å². The van der Waals surface area contributed by atoms with Crippen molar-refractivity contribution in [1.29, 1.82) is 0 Å². The second-order valence-electron chi connectivity index (χ2n) is 18.0. The number of fused-ring (bicyclic) bond motifs is 6. The van der Waals surface area contributed by atoms with Gasteiger partial charge in [0.05, 0.1) is 21.4 Å². The first-order chi connectivity index (χ1) is 34.2. The van der Waals surface area contributed by atoms with E-state index in [0.717, 1.165) is 29.0 Å². The normalized spacial score (nSPS) is 13.5. The van der Waals surface area contributed by atoms with Gasteiger partial charge in [-0.1, -0.05) is 194 Å². The fourth-order valence-corrected chi connectivity index (χ4v) is 11.8. The summed E-state index contributed by atoms with van der Waals surface area (Å²) in [6.45, 7) is 0. The van der Waals surface area contributed by atoms with Gasteiger partial charge in [0.25, 0.3) is 0 Å². The molecule has 0 saturated heterocycles. The summed E-state index contributed by atoms with van der Waals surface area (Å²) in [5, 5.41) is 5.13. The molecule has 2 nitrogen and oxygen atoms in total. The van der Waals surface area contributed by atoms with Gasteiger partial charge in [0.2, 0.25) is 0 Å². The van der Waals surface area contributed by atoms with Gasteiger partial charge < -0.3 is 9.47 Å². The molecule has 13 rings (SSSR count). The zero-order valence-electron chi connectivity index (χ0n) is 37.9. The molecule has 10 aromatic carbocycles. The predicted molar refractivity (Wildman–Crippen MR) is 296 cm³/mol. The molecule has 3 heteroatoms. The van der Waals surface area contributed by atoms with Crippen LogP contribution >= 0.6 is 11.3 Å². The Labute approximate surface area is 406 Å². The maximum atomic E-state index is 2.48. The van der Waals surface area contributed by atoms with Crippen molar-refractivity contribution in [2.75, 3.05) is 4.90 Å². The average Bonchev–Trinajstić information content (AvgIpc) is 3.98. The summed E-state index contributed by atoms with van der Waals surface area (Å²) in [7, 11) is 0. The lowest BCUT2D eigenvalue weighted by Gasteiger charge is -2.27. The second kappa shape index (κ2) is 17.3. The molecular weight excluding hydrogens is 853 g/mol. The smallest absolute Gasteiger partial charge is 0.0640 e. The van der Waals surface area contributed by atoms with Crippen LogP contribution in [0.1, 0.15) is 17.9 Å². The highest BCUT2D eigenvalue weighted by atomic mass is 32.1. The predicted octanol–water partition coefficient (Wildman–Crippen LogP) is 18.9. The van der Waals surface area contributed by atoms with Gasteiger partial charge >= 0.3 is 0 Å². The highest BCUT2D eigenvalue weighted by molar-refractivity contribution is 7.26. The summed E-state index contributed by atoms with van der Waals surface area (Å²) in [6.07, 6.45) is 9.90. The fraction of sp³-hybridized carbons (Fsp3) is 0.0303. The Balaban J connectivity index is 0.885. The summed E-state index contributed by atoms with van der Waals surface area (Å²) in [5.74, 6) is 0.388. The largest absolute Gasteiger partial charge is 0.310 e. The minimum absolute atomic E-state index is 0.388. The molecule has 1 atom stereocenters. The Bertz CT molecular complexity index is 3910. The van der Waals surface area contributed by atoms with Gasteiger partial charge in [-0.25, -0.2) is 0 Å². The van der Waals surface area contributed by atoms with Gasteiger partial charge in [-0.3, -0.25) is 0 Å². The maximum absolute atomic E-state index is 2.48. The van der Waals surface area contributed by atoms with E-state index in [0.29, 0.717) is 5.92 Å². The van der Waals surface area contributed by atoms with Crippen LogP contribution in [0.4, 0.5) is 17.1 Å². The van der Waals surface area contributed by atoms with Crippen LogP contribution in [-0.4, -0.2) is 4.57 Å². The first-order valence-corrected chi connectivity index (χ1v) is 24.7. The number of benzene rings is 10. The Kier molecular flexibility index (Phi) is 10.2. The topological polar surface area (TPSA) is 8.17 Å². The molecule has 0 amide bonds. The van der Waals surface area contributed by atoms with E-state index in [1.165, 1.54) is 92.2 Å². The van der Waals surface area contributed by atoms with Gasteiger partial charge in [0.15, 0.2) is 0 Å². The number of thiophene rings is 1. The summed E-state index contributed by atoms with van der Waals surface area (Å²) >= 11 is 1.88. The highest BCUT2D eigenvalue weighted by Gasteiger charge is 2.20. The van der Waals surface area contributed by atoms with Crippen molar-refractivity contribution in [3.05, 3.63) is 266 Å². The quantitative estimate of drug-likeness (QED) is 0.140. The van der Waals surface area contributed by atoms with E-state index in [1.54, 1.807) is 0 Å². The van der Waals surface area contributed by atoms with Crippen molar-refractivity contribution in [2.45, 2.75) is 12.3 Å². The molecule has 0 fully saturated rings. The van der Waals surface area contributed by atoms with Crippen LogP contribution in [-0.2, 0) is 0 Å². The third-order valence-electron chi connectivity index (χ3n) is 13.9. The molecule has 0 aliphatic heterocycles. The zero-order chi connectivity index (χ0) is 45.7. The molecule has 1 aliphatic carbocycles. The van der Waals surface area contributed by atoms with E-state index in [-0.39, 0.29) is 0 Å². The van der Waals surface area contributed by atoms with Crippen LogP contribution in [0.3, 0.4) is 0 Å². The van der Waals surface area contributed by atoms with Gasteiger partial charge in [-0.05, 0) is 123 Å². The number of para-hydroxylation sites is 1. The van der Waals surface area contributed by atoms with E-state index in [4.69, 9.17) is 0 Å². The van der Waals surface area contributed by atoms with E-state index in [2.05, 4.69) is 270 Å². The number of aromatic nitrogens is 1. The number of hydrogen-bond donors (Lipinski definition) is 0. The Morgan fingerprint density at radius 3 is 1.75 bits per heavy atom. The Morgan fingerprint density at radius 2 is 0.986 bits per heavy atom. The van der Waals surface area contributed by atoms with E-state index < -0.39 is 0 Å². The molecule has 0 radical (unpaired) electrons. The molecule has 0 saturated carbocycles. The van der Waals surface area contributed by atoms with Crippen LogP contribution in [0.5, 0.6) is 0 Å². The van der Waals surface area contributed by atoms with Crippen molar-refractivity contribution >= 4 is 70.4 Å². The molecule has 69 heavy (non-hydrogen) atoms. The molecular formula is C66H46N2S. The van der Waals surface area contributed by atoms with Crippen molar-refractivity contribution in [2.24, 2.45) is 0 Å². The summed E-state index contributed by atoms with van der Waals surface area (Å²) < 4.78 is 5.10. The lowest BCUT2D eigenvalue weighted by molar-refractivity contribution is 0.854. The number of hydrogen-bond acceptors (Lipinski definition) is 2. The van der Waals surface area contributed by atoms with Crippen molar-refractivity contribution in [1.82, 2.24) is 4.57 Å². The van der Waals surface area contributed by atoms with Gasteiger partial charge in [-0.15, -0.1) is 11.3 Å². The second-order valence-corrected chi connectivity index (χ2v) is 19.1. The van der Waals surface area contributed by atoms with E-state index in [1.807, 2.05) is 11.3 Å².